The number of nitrogens with zero attached hydrogens (tertiary/aromatic N) is 2. The number of hydrogen-bond acceptors (Lipinski definition) is 4. The predicted molar refractivity (Wildman–Crippen MR) is 112 cm³/mol. The fourth-order valence-electron chi connectivity index (χ4n) is 3.37. The zero-order valence-electron chi connectivity index (χ0n) is 17.5. The van der Waals surface area contributed by atoms with Crippen LogP contribution in [0.25, 0.3) is 0 Å². The van der Waals surface area contributed by atoms with Crippen molar-refractivity contribution in [2.24, 2.45) is 4.99 Å². The Bertz CT molecular complexity index is 787. The van der Waals surface area contributed by atoms with Gasteiger partial charge in [0.25, 0.3) is 0 Å². The molecule has 0 saturated heterocycles. The van der Waals surface area contributed by atoms with Crippen molar-refractivity contribution in [1.29, 1.82) is 0 Å². The third kappa shape index (κ3) is 5.50. The molecule has 0 atom stereocenters. The molecule has 1 aromatic heterocycles. The van der Waals surface area contributed by atoms with Crippen LogP contribution in [-0.2, 0) is 13.1 Å². The van der Waals surface area contributed by atoms with Gasteiger partial charge in [-0.1, -0.05) is 12.1 Å². The third-order valence-corrected chi connectivity index (χ3v) is 5.05. The van der Waals surface area contributed by atoms with Crippen molar-refractivity contribution in [2.75, 3.05) is 6.54 Å². The predicted octanol–water partition coefficient (Wildman–Crippen LogP) is 4.18. The van der Waals surface area contributed by atoms with Gasteiger partial charge in [0.05, 0.1) is 24.9 Å². The zero-order valence-corrected chi connectivity index (χ0v) is 17.5. The van der Waals surface area contributed by atoms with Gasteiger partial charge in [-0.3, -0.25) is 0 Å². The first kappa shape index (κ1) is 20.2. The van der Waals surface area contributed by atoms with E-state index < -0.39 is 0 Å². The lowest BCUT2D eigenvalue weighted by atomic mass is 10.1. The summed E-state index contributed by atoms with van der Waals surface area (Å²) in [5.41, 5.74) is 3.24. The topological polar surface area (TPSA) is 71.7 Å². The Morgan fingerprint density at radius 1 is 1.21 bits per heavy atom. The van der Waals surface area contributed by atoms with E-state index in [4.69, 9.17) is 14.1 Å². The quantitative estimate of drug-likeness (QED) is 0.554. The summed E-state index contributed by atoms with van der Waals surface area (Å²) in [5.74, 6) is 3.22. The minimum absolute atomic E-state index is 0.340. The molecule has 2 aromatic rings. The van der Waals surface area contributed by atoms with Gasteiger partial charge in [0, 0.05) is 12.1 Å². The average Bonchev–Trinajstić information content (AvgIpc) is 3.28. The minimum atomic E-state index is 0.340. The van der Waals surface area contributed by atoms with Crippen LogP contribution in [0.4, 0.5) is 0 Å². The fourth-order valence-corrected chi connectivity index (χ4v) is 3.37. The highest BCUT2D eigenvalue weighted by Gasteiger charge is 2.18. The van der Waals surface area contributed by atoms with Crippen molar-refractivity contribution < 1.29 is 9.15 Å². The van der Waals surface area contributed by atoms with Crippen molar-refractivity contribution in [3.8, 4) is 5.75 Å². The standard InChI is InChI=1S/C22H32N4O2/c1-5-23-22(25-14-21-26-16(3)17(4)27-21)24-13-18-11-10-15(2)12-20(18)28-19-8-6-7-9-19/h10-12,19H,5-9,13-14H2,1-4H3,(H2,23,24,25). The van der Waals surface area contributed by atoms with Crippen molar-refractivity contribution in [2.45, 2.75) is 72.6 Å². The first-order valence-electron chi connectivity index (χ1n) is 10.3. The van der Waals surface area contributed by atoms with E-state index in [2.05, 4.69) is 47.7 Å². The molecule has 0 bridgehead atoms. The second kappa shape index (κ2) is 9.62. The van der Waals surface area contributed by atoms with Gasteiger partial charge in [-0.05, 0) is 65.0 Å². The molecule has 0 aliphatic heterocycles. The highest BCUT2D eigenvalue weighted by Crippen LogP contribution is 2.28. The van der Waals surface area contributed by atoms with Crippen LogP contribution in [0.3, 0.4) is 0 Å². The van der Waals surface area contributed by atoms with E-state index in [1.54, 1.807) is 0 Å². The van der Waals surface area contributed by atoms with Gasteiger partial charge >= 0.3 is 0 Å². The minimum Gasteiger partial charge on any atom is -0.490 e. The molecule has 152 valence electrons. The SMILES string of the molecule is CCNC(=NCc1ccc(C)cc1OC1CCCC1)NCc1nc(C)c(C)o1. The first-order valence-corrected chi connectivity index (χ1v) is 10.3. The van der Waals surface area contributed by atoms with Gasteiger partial charge in [0.2, 0.25) is 5.89 Å². The maximum absolute atomic E-state index is 6.29. The number of rotatable bonds is 7. The number of hydrogen-bond donors (Lipinski definition) is 2. The molecule has 28 heavy (non-hydrogen) atoms. The lowest BCUT2D eigenvalue weighted by Crippen LogP contribution is -2.36. The Morgan fingerprint density at radius 2 is 2.00 bits per heavy atom. The van der Waals surface area contributed by atoms with Gasteiger partial charge in [-0.15, -0.1) is 0 Å². The van der Waals surface area contributed by atoms with Gasteiger partial charge in [-0.2, -0.15) is 0 Å². The van der Waals surface area contributed by atoms with Gasteiger partial charge in [-0.25, -0.2) is 9.98 Å². The Balaban J connectivity index is 1.67. The molecule has 1 aliphatic carbocycles. The second-order valence-electron chi connectivity index (χ2n) is 7.43. The maximum Gasteiger partial charge on any atom is 0.214 e. The summed E-state index contributed by atoms with van der Waals surface area (Å²) in [4.78, 5) is 9.15. The molecule has 6 nitrogen and oxygen atoms in total. The molecular formula is C22H32N4O2. The van der Waals surface area contributed by atoms with Gasteiger partial charge in [0.15, 0.2) is 5.96 Å². The molecule has 6 heteroatoms. The molecule has 1 aromatic carbocycles. The molecule has 1 saturated carbocycles. The average molecular weight is 385 g/mol. The summed E-state index contributed by atoms with van der Waals surface area (Å²) in [6, 6.07) is 6.36. The summed E-state index contributed by atoms with van der Waals surface area (Å²) in [5, 5.41) is 6.57. The molecule has 3 rings (SSSR count). The molecule has 0 radical (unpaired) electrons. The van der Waals surface area contributed by atoms with E-state index in [0.717, 1.165) is 48.1 Å². The van der Waals surface area contributed by atoms with E-state index in [-0.39, 0.29) is 0 Å². The molecule has 1 heterocycles. The summed E-state index contributed by atoms with van der Waals surface area (Å²) in [7, 11) is 0. The van der Waals surface area contributed by atoms with Crippen LogP contribution in [0.5, 0.6) is 5.75 Å². The number of aliphatic imine (C=N–C) groups is 1. The van der Waals surface area contributed by atoms with Crippen LogP contribution in [0, 0.1) is 20.8 Å². The van der Waals surface area contributed by atoms with Crippen molar-refractivity contribution >= 4 is 5.96 Å². The number of oxazole rings is 1. The van der Waals surface area contributed by atoms with Crippen molar-refractivity contribution in [3.63, 3.8) is 0 Å². The number of nitrogens with one attached hydrogen (secondary N) is 2. The summed E-state index contributed by atoms with van der Waals surface area (Å²) in [6.07, 6.45) is 5.16. The monoisotopic (exact) mass is 384 g/mol. The Labute approximate surface area is 167 Å². The van der Waals surface area contributed by atoms with Crippen molar-refractivity contribution in [1.82, 2.24) is 15.6 Å². The zero-order chi connectivity index (χ0) is 19.9. The lowest BCUT2D eigenvalue weighted by Gasteiger charge is -2.17. The fraction of sp³-hybridized carbons (Fsp3) is 0.545. The van der Waals surface area contributed by atoms with E-state index in [9.17, 15) is 0 Å². The number of aromatic nitrogens is 1. The van der Waals surface area contributed by atoms with Gasteiger partial charge < -0.3 is 19.8 Å². The lowest BCUT2D eigenvalue weighted by molar-refractivity contribution is 0.208. The molecule has 0 amide bonds. The molecule has 0 unspecified atom stereocenters. The van der Waals surface area contributed by atoms with Crippen LogP contribution in [0.1, 0.15) is 61.1 Å². The summed E-state index contributed by atoms with van der Waals surface area (Å²) >= 11 is 0. The van der Waals surface area contributed by atoms with Crippen LogP contribution in [0.2, 0.25) is 0 Å². The Morgan fingerprint density at radius 3 is 2.68 bits per heavy atom. The number of benzene rings is 1. The third-order valence-electron chi connectivity index (χ3n) is 5.05. The molecule has 1 aliphatic rings. The van der Waals surface area contributed by atoms with Gasteiger partial charge in [0.1, 0.15) is 11.5 Å². The molecule has 2 N–H and O–H groups in total. The highest BCUT2D eigenvalue weighted by molar-refractivity contribution is 5.79. The largest absolute Gasteiger partial charge is 0.490 e. The normalized spacial score (nSPS) is 15.1. The maximum atomic E-state index is 6.29. The molecule has 0 spiro atoms. The number of aryl methyl sites for hydroxylation is 3. The first-order chi connectivity index (χ1) is 13.5. The second-order valence-corrected chi connectivity index (χ2v) is 7.43. The highest BCUT2D eigenvalue weighted by atomic mass is 16.5. The Hall–Kier alpha value is -2.50. The molecule has 1 fully saturated rings. The van der Waals surface area contributed by atoms with E-state index >= 15 is 0 Å². The number of ether oxygens (including phenoxy) is 1. The summed E-state index contributed by atoms with van der Waals surface area (Å²) < 4.78 is 11.9. The smallest absolute Gasteiger partial charge is 0.214 e. The van der Waals surface area contributed by atoms with Crippen LogP contribution in [0.15, 0.2) is 27.6 Å². The van der Waals surface area contributed by atoms with Crippen LogP contribution in [-0.4, -0.2) is 23.6 Å². The Kier molecular flexibility index (Phi) is 6.95. The molecular weight excluding hydrogens is 352 g/mol. The van der Waals surface area contributed by atoms with E-state index in [1.165, 1.54) is 18.4 Å². The van der Waals surface area contributed by atoms with Crippen LogP contribution >= 0.6 is 0 Å². The summed E-state index contributed by atoms with van der Waals surface area (Å²) in [6.45, 7) is 9.87. The van der Waals surface area contributed by atoms with Crippen molar-refractivity contribution in [3.05, 3.63) is 46.7 Å². The van der Waals surface area contributed by atoms with E-state index in [1.807, 2.05) is 13.8 Å². The van der Waals surface area contributed by atoms with E-state index in [0.29, 0.717) is 25.1 Å². The van der Waals surface area contributed by atoms with Crippen LogP contribution < -0.4 is 15.4 Å². The number of guanidine groups is 1.